The van der Waals surface area contributed by atoms with Crippen LogP contribution in [0.3, 0.4) is 0 Å². The molecular weight excluding hydrogens is 404 g/mol. The highest BCUT2D eigenvalue weighted by Crippen LogP contribution is 2.30. The van der Waals surface area contributed by atoms with Crippen LogP contribution in [0.25, 0.3) is 0 Å². The molecule has 1 saturated heterocycles. The summed E-state index contributed by atoms with van der Waals surface area (Å²) in [6.07, 6.45) is 8.03. The Morgan fingerprint density at radius 2 is 1.93 bits per heavy atom. The van der Waals surface area contributed by atoms with Crippen LogP contribution in [0, 0.1) is 0 Å². The molecule has 0 aliphatic carbocycles. The summed E-state index contributed by atoms with van der Waals surface area (Å²) in [5, 5.41) is 3.02. The van der Waals surface area contributed by atoms with Crippen LogP contribution in [0.4, 0.5) is 11.8 Å². The average Bonchev–Trinajstić information content (AvgIpc) is 2.80. The van der Waals surface area contributed by atoms with Gasteiger partial charge in [0.15, 0.2) is 5.82 Å². The van der Waals surface area contributed by atoms with Crippen LogP contribution in [0.5, 0.6) is 5.75 Å². The minimum Gasteiger partial charge on any atom is -0.497 e. The number of ether oxygens (including phenoxy) is 1. The molecule has 0 amide bonds. The molecule has 2 aromatic heterocycles. The van der Waals surface area contributed by atoms with Gasteiger partial charge in [-0.2, -0.15) is 4.31 Å². The van der Waals surface area contributed by atoms with Crippen molar-refractivity contribution >= 4 is 21.8 Å². The van der Waals surface area contributed by atoms with E-state index in [9.17, 15) is 8.42 Å². The second-order valence-electron chi connectivity index (χ2n) is 6.90. The van der Waals surface area contributed by atoms with Gasteiger partial charge in [0.25, 0.3) is 0 Å². The Morgan fingerprint density at radius 1 is 1.10 bits per heavy atom. The van der Waals surface area contributed by atoms with Gasteiger partial charge >= 0.3 is 0 Å². The van der Waals surface area contributed by atoms with Gasteiger partial charge in [0.05, 0.1) is 23.9 Å². The first-order chi connectivity index (χ1) is 14.6. The molecular formula is C20H22N6O3S. The number of rotatable bonds is 6. The van der Waals surface area contributed by atoms with E-state index in [0.717, 1.165) is 18.5 Å². The number of piperidine rings is 1. The summed E-state index contributed by atoms with van der Waals surface area (Å²) < 4.78 is 32.8. The SMILES string of the molecule is COc1ccc(S(=O)(=O)N2CCC[C@@H](c3ccnc(Nc4cnccn4)n3)C2)cc1. The van der Waals surface area contributed by atoms with E-state index in [-0.39, 0.29) is 10.8 Å². The minimum atomic E-state index is -3.59. The Morgan fingerprint density at radius 3 is 2.67 bits per heavy atom. The van der Waals surface area contributed by atoms with Gasteiger partial charge in [0.1, 0.15) is 5.75 Å². The Bertz CT molecular complexity index is 1090. The van der Waals surface area contributed by atoms with E-state index in [1.165, 1.54) is 4.31 Å². The van der Waals surface area contributed by atoms with E-state index in [2.05, 4.69) is 25.3 Å². The monoisotopic (exact) mass is 426 g/mol. The molecule has 4 rings (SSSR count). The van der Waals surface area contributed by atoms with Gasteiger partial charge in [-0.1, -0.05) is 0 Å². The zero-order valence-electron chi connectivity index (χ0n) is 16.5. The van der Waals surface area contributed by atoms with Crippen molar-refractivity contribution in [1.82, 2.24) is 24.2 Å². The summed E-state index contributed by atoms with van der Waals surface area (Å²) >= 11 is 0. The van der Waals surface area contributed by atoms with Crippen molar-refractivity contribution in [2.75, 3.05) is 25.5 Å². The largest absolute Gasteiger partial charge is 0.497 e. The molecule has 0 radical (unpaired) electrons. The van der Waals surface area contributed by atoms with Crippen LogP contribution in [0.15, 0.2) is 60.0 Å². The van der Waals surface area contributed by atoms with Crippen molar-refractivity contribution in [2.24, 2.45) is 0 Å². The fourth-order valence-corrected chi connectivity index (χ4v) is 4.96. The Hall–Kier alpha value is -3.11. The molecule has 1 N–H and O–H groups in total. The fourth-order valence-electron chi connectivity index (χ4n) is 3.44. The van der Waals surface area contributed by atoms with Crippen LogP contribution < -0.4 is 10.1 Å². The standard InChI is InChI=1S/C20H22N6O3S/c1-29-16-4-6-17(7-5-16)30(27,28)26-12-2-3-15(14-26)18-8-9-23-20(24-18)25-19-13-21-10-11-22-19/h4-11,13,15H,2-3,12,14H2,1H3,(H,22,23,24,25)/t15-/m1/s1. The summed E-state index contributed by atoms with van der Waals surface area (Å²) in [6, 6.07) is 8.29. The predicted octanol–water partition coefficient (Wildman–Crippen LogP) is 2.59. The lowest BCUT2D eigenvalue weighted by molar-refractivity contribution is 0.312. The number of aromatic nitrogens is 4. The first kappa shape index (κ1) is 20.2. The first-order valence-corrected chi connectivity index (χ1v) is 11.0. The van der Waals surface area contributed by atoms with Gasteiger partial charge in [0, 0.05) is 37.6 Å². The maximum Gasteiger partial charge on any atom is 0.243 e. The second-order valence-corrected chi connectivity index (χ2v) is 8.84. The minimum absolute atomic E-state index is 0.0165. The van der Waals surface area contributed by atoms with Crippen molar-refractivity contribution in [1.29, 1.82) is 0 Å². The average molecular weight is 427 g/mol. The lowest BCUT2D eigenvalue weighted by atomic mass is 9.96. The summed E-state index contributed by atoms with van der Waals surface area (Å²) in [7, 11) is -2.04. The topological polar surface area (TPSA) is 110 Å². The molecule has 1 aliphatic rings. The maximum atomic E-state index is 13.1. The third-order valence-corrected chi connectivity index (χ3v) is 6.86. The van der Waals surface area contributed by atoms with E-state index >= 15 is 0 Å². The molecule has 3 heterocycles. The van der Waals surface area contributed by atoms with E-state index in [4.69, 9.17) is 4.74 Å². The Kier molecular flexibility index (Phi) is 5.86. The van der Waals surface area contributed by atoms with Crippen LogP contribution in [-0.4, -0.2) is 52.9 Å². The number of sulfonamides is 1. The van der Waals surface area contributed by atoms with Crippen LogP contribution >= 0.6 is 0 Å². The van der Waals surface area contributed by atoms with Crippen molar-refractivity contribution in [3.8, 4) is 5.75 Å². The van der Waals surface area contributed by atoms with Gasteiger partial charge in [-0.25, -0.2) is 23.4 Å². The van der Waals surface area contributed by atoms with Crippen molar-refractivity contribution < 1.29 is 13.2 Å². The molecule has 10 heteroatoms. The normalized spacial score (nSPS) is 17.4. The number of nitrogens with one attached hydrogen (secondary N) is 1. The number of hydrogen-bond acceptors (Lipinski definition) is 8. The molecule has 1 fully saturated rings. The van der Waals surface area contributed by atoms with Gasteiger partial charge in [-0.05, 0) is 43.2 Å². The fraction of sp³-hybridized carbons (Fsp3) is 0.300. The molecule has 1 atom stereocenters. The third-order valence-electron chi connectivity index (χ3n) is 4.98. The molecule has 1 aromatic carbocycles. The van der Waals surface area contributed by atoms with Crippen molar-refractivity contribution in [3.05, 3.63) is 60.8 Å². The molecule has 9 nitrogen and oxygen atoms in total. The summed E-state index contributed by atoms with van der Waals surface area (Å²) in [5.41, 5.74) is 0.797. The predicted molar refractivity (Wildman–Crippen MR) is 111 cm³/mol. The van der Waals surface area contributed by atoms with E-state index in [1.807, 2.05) is 6.07 Å². The highest BCUT2D eigenvalue weighted by Gasteiger charge is 2.31. The number of benzene rings is 1. The lowest BCUT2D eigenvalue weighted by Gasteiger charge is -2.31. The zero-order chi connectivity index (χ0) is 21.0. The number of nitrogens with zero attached hydrogens (tertiary/aromatic N) is 5. The van der Waals surface area contributed by atoms with Gasteiger partial charge in [-0.3, -0.25) is 4.98 Å². The van der Waals surface area contributed by atoms with Crippen LogP contribution in [0.2, 0.25) is 0 Å². The van der Waals surface area contributed by atoms with Crippen molar-refractivity contribution in [3.63, 3.8) is 0 Å². The molecule has 0 saturated carbocycles. The molecule has 156 valence electrons. The van der Waals surface area contributed by atoms with Crippen LogP contribution in [-0.2, 0) is 10.0 Å². The van der Waals surface area contributed by atoms with E-state index in [0.29, 0.717) is 30.6 Å². The molecule has 30 heavy (non-hydrogen) atoms. The van der Waals surface area contributed by atoms with Gasteiger partial charge < -0.3 is 10.1 Å². The summed E-state index contributed by atoms with van der Waals surface area (Å²) in [5.74, 6) is 1.55. The van der Waals surface area contributed by atoms with E-state index in [1.54, 1.807) is 56.2 Å². The summed E-state index contributed by atoms with van der Waals surface area (Å²) in [6.45, 7) is 0.858. The highest BCUT2D eigenvalue weighted by molar-refractivity contribution is 7.89. The molecule has 0 unspecified atom stereocenters. The molecule has 0 bridgehead atoms. The number of anilines is 2. The van der Waals surface area contributed by atoms with E-state index < -0.39 is 10.0 Å². The zero-order valence-corrected chi connectivity index (χ0v) is 17.3. The highest BCUT2D eigenvalue weighted by atomic mass is 32.2. The smallest absolute Gasteiger partial charge is 0.243 e. The second kappa shape index (κ2) is 8.72. The lowest BCUT2D eigenvalue weighted by Crippen LogP contribution is -2.39. The number of hydrogen-bond donors (Lipinski definition) is 1. The maximum absolute atomic E-state index is 13.1. The molecule has 1 aliphatic heterocycles. The van der Waals surface area contributed by atoms with Gasteiger partial charge in [-0.15, -0.1) is 0 Å². The Labute approximate surface area is 175 Å². The Balaban J connectivity index is 1.51. The third kappa shape index (κ3) is 4.39. The molecule has 3 aromatic rings. The summed E-state index contributed by atoms with van der Waals surface area (Å²) in [4.78, 5) is 17.2. The number of methoxy groups -OCH3 is 1. The van der Waals surface area contributed by atoms with Crippen LogP contribution in [0.1, 0.15) is 24.5 Å². The van der Waals surface area contributed by atoms with Gasteiger partial charge in [0.2, 0.25) is 16.0 Å². The first-order valence-electron chi connectivity index (χ1n) is 9.56. The van der Waals surface area contributed by atoms with Crippen molar-refractivity contribution in [2.45, 2.75) is 23.7 Å². The quantitative estimate of drug-likeness (QED) is 0.640. The molecule has 0 spiro atoms.